The van der Waals surface area contributed by atoms with Crippen molar-refractivity contribution in [3.63, 3.8) is 0 Å². The zero-order valence-corrected chi connectivity index (χ0v) is 17.6. The Hall–Kier alpha value is -0.930. The number of piperazine rings is 1. The van der Waals surface area contributed by atoms with Gasteiger partial charge in [0.15, 0.2) is 5.96 Å². The summed E-state index contributed by atoms with van der Waals surface area (Å²) in [5, 5.41) is 6.67. The predicted molar refractivity (Wildman–Crippen MR) is 113 cm³/mol. The molecule has 0 bridgehead atoms. The second kappa shape index (κ2) is 12.4. The molecule has 1 saturated heterocycles. The maximum Gasteiger partial charge on any atom is 0.191 e. The summed E-state index contributed by atoms with van der Waals surface area (Å²) in [7, 11) is 1.78. The molecule has 7 heteroatoms. The molecule has 0 aromatic heterocycles. The number of likely N-dealkylation sites (N-methyl/N-ethyl adjacent to an activating group) is 1. The fraction of sp³-hybridized carbons (Fsp3) is 0.611. The zero-order valence-electron chi connectivity index (χ0n) is 15.3. The van der Waals surface area contributed by atoms with Crippen LogP contribution in [0.2, 0.25) is 0 Å². The van der Waals surface area contributed by atoms with Gasteiger partial charge in [0.25, 0.3) is 0 Å². The van der Waals surface area contributed by atoms with E-state index >= 15 is 0 Å². The van der Waals surface area contributed by atoms with Gasteiger partial charge in [-0.3, -0.25) is 9.89 Å². The molecule has 2 rings (SSSR count). The molecule has 0 amide bonds. The van der Waals surface area contributed by atoms with Gasteiger partial charge in [0.1, 0.15) is 5.82 Å². The molecule has 2 N–H and O–H groups in total. The van der Waals surface area contributed by atoms with Crippen LogP contribution in [0.15, 0.2) is 29.3 Å². The van der Waals surface area contributed by atoms with E-state index in [1.165, 1.54) is 25.2 Å². The Balaban J connectivity index is 0.00000312. The highest BCUT2D eigenvalue weighted by atomic mass is 127. The molecule has 1 aliphatic heterocycles. The summed E-state index contributed by atoms with van der Waals surface area (Å²) in [5.74, 6) is 0.633. The molecule has 0 unspecified atom stereocenters. The van der Waals surface area contributed by atoms with Crippen molar-refractivity contribution in [3.05, 3.63) is 35.6 Å². The van der Waals surface area contributed by atoms with Crippen LogP contribution in [0.25, 0.3) is 0 Å². The van der Waals surface area contributed by atoms with Crippen LogP contribution < -0.4 is 10.6 Å². The zero-order chi connectivity index (χ0) is 17.2. The molecule has 0 radical (unpaired) electrons. The van der Waals surface area contributed by atoms with Crippen molar-refractivity contribution >= 4 is 29.9 Å². The normalized spacial score (nSPS) is 16.4. The Labute approximate surface area is 168 Å². The van der Waals surface area contributed by atoms with Crippen LogP contribution in [0.3, 0.4) is 0 Å². The fourth-order valence-electron chi connectivity index (χ4n) is 2.86. The average Bonchev–Trinajstić information content (AvgIpc) is 2.62. The first kappa shape index (κ1) is 22.1. The SMILES string of the molecule is CCN1CCN(CCNC(=NC)NCCc2ccc(F)cc2)CC1.I. The van der Waals surface area contributed by atoms with Gasteiger partial charge in [0, 0.05) is 52.9 Å². The van der Waals surface area contributed by atoms with Crippen molar-refractivity contribution in [2.75, 3.05) is 59.4 Å². The van der Waals surface area contributed by atoms with Gasteiger partial charge in [-0.25, -0.2) is 4.39 Å². The lowest BCUT2D eigenvalue weighted by Crippen LogP contribution is -2.49. The Morgan fingerprint density at radius 2 is 1.64 bits per heavy atom. The van der Waals surface area contributed by atoms with Gasteiger partial charge in [-0.1, -0.05) is 19.1 Å². The molecule has 1 aromatic rings. The fourth-order valence-corrected chi connectivity index (χ4v) is 2.86. The molecule has 0 aliphatic carbocycles. The number of hydrogen-bond acceptors (Lipinski definition) is 3. The highest BCUT2D eigenvalue weighted by Gasteiger charge is 2.14. The Bertz CT molecular complexity index is 501. The smallest absolute Gasteiger partial charge is 0.191 e. The van der Waals surface area contributed by atoms with Crippen molar-refractivity contribution in [3.8, 4) is 0 Å². The van der Waals surface area contributed by atoms with E-state index in [0.717, 1.165) is 57.2 Å². The minimum Gasteiger partial charge on any atom is -0.356 e. The molecular weight excluding hydrogens is 432 g/mol. The van der Waals surface area contributed by atoms with Gasteiger partial charge in [0.2, 0.25) is 0 Å². The van der Waals surface area contributed by atoms with E-state index in [1.807, 2.05) is 12.1 Å². The maximum absolute atomic E-state index is 12.9. The van der Waals surface area contributed by atoms with Crippen LogP contribution in [0.1, 0.15) is 12.5 Å². The molecule has 1 heterocycles. The van der Waals surface area contributed by atoms with Gasteiger partial charge in [-0.05, 0) is 30.7 Å². The molecular formula is C18H31FIN5. The van der Waals surface area contributed by atoms with Gasteiger partial charge in [-0.15, -0.1) is 24.0 Å². The standard InChI is InChI=1S/C18H30FN5.HI/c1-3-23-12-14-24(15-13-23)11-10-22-18(20-2)21-9-8-16-4-6-17(19)7-5-16;/h4-7H,3,8-15H2,1-2H3,(H2,20,21,22);1H. The largest absolute Gasteiger partial charge is 0.356 e. The molecule has 1 aliphatic rings. The lowest BCUT2D eigenvalue weighted by Gasteiger charge is -2.34. The van der Waals surface area contributed by atoms with Crippen molar-refractivity contribution in [2.45, 2.75) is 13.3 Å². The minimum atomic E-state index is -0.191. The monoisotopic (exact) mass is 463 g/mol. The van der Waals surface area contributed by atoms with Crippen LogP contribution >= 0.6 is 24.0 Å². The highest BCUT2D eigenvalue weighted by Crippen LogP contribution is 2.02. The molecule has 0 spiro atoms. The van der Waals surface area contributed by atoms with Crippen LogP contribution in [0.5, 0.6) is 0 Å². The number of benzene rings is 1. The van der Waals surface area contributed by atoms with Crippen molar-refractivity contribution in [1.82, 2.24) is 20.4 Å². The molecule has 1 aromatic carbocycles. The summed E-state index contributed by atoms with van der Waals surface area (Å²) >= 11 is 0. The third-order valence-electron chi connectivity index (χ3n) is 4.48. The number of aliphatic imine (C=N–C) groups is 1. The van der Waals surface area contributed by atoms with Gasteiger partial charge in [0.05, 0.1) is 0 Å². The maximum atomic E-state index is 12.9. The van der Waals surface area contributed by atoms with Gasteiger partial charge in [-0.2, -0.15) is 0 Å². The van der Waals surface area contributed by atoms with Gasteiger partial charge >= 0.3 is 0 Å². The molecule has 0 saturated carbocycles. The Morgan fingerprint density at radius 3 is 2.24 bits per heavy atom. The van der Waals surface area contributed by atoms with Crippen LogP contribution in [-0.4, -0.2) is 75.2 Å². The first-order valence-electron chi connectivity index (χ1n) is 8.85. The first-order chi connectivity index (χ1) is 11.7. The highest BCUT2D eigenvalue weighted by molar-refractivity contribution is 14.0. The number of nitrogens with zero attached hydrogens (tertiary/aromatic N) is 3. The summed E-state index contributed by atoms with van der Waals surface area (Å²) in [6, 6.07) is 6.65. The number of nitrogens with one attached hydrogen (secondary N) is 2. The van der Waals surface area contributed by atoms with Crippen molar-refractivity contribution < 1.29 is 4.39 Å². The van der Waals surface area contributed by atoms with E-state index in [4.69, 9.17) is 0 Å². The molecule has 5 nitrogen and oxygen atoms in total. The second-order valence-electron chi connectivity index (χ2n) is 6.08. The summed E-state index contributed by atoms with van der Waals surface area (Å²) in [6.45, 7) is 10.7. The number of hydrogen-bond donors (Lipinski definition) is 2. The molecule has 25 heavy (non-hydrogen) atoms. The molecule has 0 atom stereocenters. The van der Waals surface area contributed by atoms with Crippen LogP contribution in [0.4, 0.5) is 4.39 Å². The average molecular weight is 463 g/mol. The van der Waals surface area contributed by atoms with E-state index < -0.39 is 0 Å². The summed E-state index contributed by atoms with van der Waals surface area (Å²) < 4.78 is 12.9. The quantitative estimate of drug-likeness (QED) is 0.368. The van der Waals surface area contributed by atoms with E-state index in [2.05, 4.69) is 32.3 Å². The summed E-state index contributed by atoms with van der Waals surface area (Å²) in [5.41, 5.74) is 1.12. The van der Waals surface area contributed by atoms with Crippen molar-refractivity contribution in [2.24, 2.45) is 4.99 Å². The lowest BCUT2D eigenvalue weighted by atomic mass is 10.1. The van der Waals surface area contributed by atoms with Crippen molar-refractivity contribution in [1.29, 1.82) is 0 Å². The van der Waals surface area contributed by atoms with Crippen LogP contribution in [-0.2, 0) is 6.42 Å². The Kier molecular flexibility index (Phi) is 11.0. The second-order valence-corrected chi connectivity index (χ2v) is 6.08. The van der Waals surface area contributed by atoms with E-state index in [1.54, 1.807) is 7.05 Å². The third-order valence-corrected chi connectivity index (χ3v) is 4.48. The Morgan fingerprint density at radius 1 is 1.04 bits per heavy atom. The summed E-state index contributed by atoms with van der Waals surface area (Å²) in [4.78, 5) is 9.23. The summed E-state index contributed by atoms with van der Waals surface area (Å²) in [6.07, 6.45) is 0.847. The van der Waals surface area contributed by atoms with Crippen LogP contribution in [0, 0.1) is 5.82 Å². The minimum absolute atomic E-state index is 0. The first-order valence-corrected chi connectivity index (χ1v) is 8.85. The molecule has 142 valence electrons. The number of halogens is 2. The van der Waals surface area contributed by atoms with E-state index in [-0.39, 0.29) is 29.8 Å². The van der Waals surface area contributed by atoms with E-state index in [9.17, 15) is 4.39 Å². The predicted octanol–water partition coefficient (Wildman–Crippen LogP) is 1.79. The topological polar surface area (TPSA) is 42.9 Å². The lowest BCUT2D eigenvalue weighted by molar-refractivity contribution is 0.139. The number of guanidine groups is 1. The number of rotatable bonds is 7. The van der Waals surface area contributed by atoms with E-state index in [0.29, 0.717) is 0 Å². The van der Waals surface area contributed by atoms with Gasteiger partial charge < -0.3 is 15.5 Å². The molecule has 1 fully saturated rings. The third kappa shape index (κ3) is 8.33.